The first-order chi connectivity index (χ1) is 10.4. The van der Waals surface area contributed by atoms with Crippen molar-refractivity contribution in [3.05, 3.63) is 60.4 Å². The average Bonchev–Trinajstić information content (AvgIpc) is 2.97. The molecule has 3 rings (SSSR count). The van der Waals surface area contributed by atoms with Crippen molar-refractivity contribution in [1.29, 1.82) is 0 Å². The van der Waals surface area contributed by atoms with Crippen molar-refractivity contribution in [2.24, 2.45) is 0 Å². The Morgan fingerprint density at radius 3 is 2.62 bits per heavy atom. The zero-order valence-corrected chi connectivity index (χ0v) is 11.6. The Morgan fingerprint density at radius 2 is 1.81 bits per heavy atom. The molecule has 0 bridgehead atoms. The van der Waals surface area contributed by atoms with E-state index in [1.54, 1.807) is 4.68 Å². The molecule has 6 nitrogen and oxygen atoms in total. The van der Waals surface area contributed by atoms with E-state index < -0.39 is 0 Å². The molecular formula is C15H15N5O. The maximum absolute atomic E-state index is 5.93. The maximum Gasteiger partial charge on any atom is 0.170 e. The first-order valence-corrected chi connectivity index (χ1v) is 6.62. The van der Waals surface area contributed by atoms with E-state index in [4.69, 9.17) is 4.74 Å². The van der Waals surface area contributed by atoms with Gasteiger partial charge in [0.05, 0.1) is 6.54 Å². The van der Waals surface area contributed by atoms with Crippen molar-refractivity contribution in [3.8, 4) is 17.2 Å². The minimum absolute atomic E-state index is 0.576. The molecule has 0 spiro atoms. The molecule has 0 amide bonds. The summed E-state index contributed by atoms with van der Waals surface area (Å²) in [6.45, 7) is 0.576. The van der Waals surface area contributed by atoms with Gasteiger partial charge in [0.2, 0.25) is 0 Å². The number of para-hydroxylation sites is 3. The maximum atomic E-state index is 5.93. The lowest BCUT2D eigenvalue weighted by atomic mass is 10.3. The van der Waals surface area contributed by atoms with Crippen molar-refractivity contribution in [2.45, 2.75) is 6.54 Å². The summed E-state index contributed by atoms with van der Waals surface area (Å²) in [6, 6.07) is 17.3. The van der Waals surface area contributed by atoms with Crippen LogP contribution < -0.4 is 10.1 Å². The Balaban J connectivity index is 1.98. The number of tetrazole rings is 1. The number of nitrogens with zero attached hydrogens (tertiary/aromatic N) is 4. The van der Waals surface area contributed by atoms with Crippen LogP contribution in [0.2, 0.25) is 0 Å². The number of hydrogen-bond acceptors (Lipinski definition) is 5. The molecule has 106 valence electrons. The molecule has 0 fully saturated rings. The lowest BCUT2D eigenvalue weighted by Crippen LogP contribution is -2.12. The molecular weight excluding hydrogens is 266 g/mol. The van der Waals surface area contributed by atoms with Gasteiger partial charge in [-0.2, -0.15) is 4.68 Å². The topological polar surface area (TPSA) is 64.9 Å². The number of benzene rings is 2. The molecule has 0 saturated heterocycles. The molecule has 6 heteroatoms. The molecule has 0 aliphatic rings. The van der Waals surface area contributed by atoms with Crippen LogP contribution in [0.3, 0.4) is 0 Å². The molecule has 0 aliphatic carbocycles. The smallest absolute Gasteiger partial charge is 0.170 e. The third-order valence-corrected chi connectivity index (χ3v) is 2.93. The van der Waals surface area contributed by atoms with E-state index in [0.29, 0.717) is 12.3 Å². The Bertz CT molecular complexity index is 711. The molecule has 0 unspecified atom stereocenters. The number of rotatable bonds is 5. The van der Waals surface area contributed by atoms with Gasteiger partial charge in [-0.25, -0.2) is 0 Å². The zero-order valence-electron chi connectivity index (χ0n) is 11.6. The van der Waals surface area contributed by atoms with E-state index in [1.807, 2.05) is 61.6 Å². The number of hydrogen-bond donors (Lipinski definition) is 1. The lowest BCUT2D eigenvalue weighted by molar-refractivity contribution is 0.476. The summed E-state index contributed by atoms with van der Waals surface area (Å²) in [5.41, 5.74) is 0.802. The molecule has 2 aromatic carbocycles. The summed E-state index contributed by atoms with van der Waals surface area (Å²) in [5.74, 6) is 2.20. The third kappa shape index (κ3) is 2.90. The molecule has 0 saturated carbocycles. The van der Waals surface area contributed by atoms with Crippen LogP contribution in [0, 0.1) is 0 Å². The molecule has 0 aliphatic heterocycles. The summed E-state index contributed by atoms with van der Waals surface area (Å²) in [5, 5.41) is 14.8. The molecule has 0 atom stereocenters. The van der Waals surface area contributed by atoms with Gasteiger partial charge in [0.1, 0.15) is 11.4 Å². The van der Waals surface area contributed by atoms with Crippen molar-refractivity contribution in [1.82, 2.24) is 25.5 Å². The van der Waals surface area contributed by atoms with Crippen LogP contribution in [0.25, 0.3) is 5.69 Å². The van der Waals surface area contributed by atoms with Gasteiger partial charge < -0.3 is 10.1 Å². The summed E-state index contributed by atoms with van der Waals surface area (Å²) < 4.78 is 7.61. The van der Waals surface area contributed by atoms with Crippen LogP contribution in [-0.2, 0) is 6.54 Å². The van der Waals surface area contributed by atoms with Gasteiger partial charge in [-0.15, -0.1) is 5.10 Å². The highest BCUT2D eigenvalue weighted by molar-refractivity contribution is 5.48. The van der Waals surface area contributed by atoms with Gasteiger partial charge in [-0.3, -0.25) is 0 Å². The minimum Gasteiger partial charge on any atom is -0.455 e. The largest absolute Gasteiger partial charge is 0.455 e. The van der Waals surface area contributed by atoms with E-state index in [1.165, 1.54) is 0 Å². The zero-order chi connectivity index (χ0) is 14.5. The Labute approximate surface area is 122 Å². The minimum atomic E-state index is 0.576. The van der Waals surface area contributed by atoms with Crippen LogP contribution in [0.1, 0.15) is 5.82 Å². The molecule has 1 N–H and O–H groups in total. The number of aromatic nitrogens is 4. The van der Waals surface area contributed by atoms with Crippen molar-refractivity contribution in [3.63, 3.8) is 0 Å². The monoisotopic (exact) mass is 281 g/mol. The average molecular weight is 281 g/mol. The molecule has 0 radical (unpaired) electrons. The summed E-state index contributed by atoms with van der Waals surface area (Å²) in [6.07, 6.45) is 0. The normalized spacial score (nSPS) is 10.5. The quantitative estimate of drug-likeness (QED) is 0.776. The highest BCUT2D eigenvalue weighted by atomic mass is 16.5. The molecule has 1 aromatic heterocycles. The number of nitrogens with one attached hydrogen (secondary N) is 1. The fourth-order valence-electron chi connectivity index (χ4n) is 2.00. The summed E-state index contributed by atoms with van der Waals surface area (Å²) >= 11 is 0. The van der Waals surface area contributed by atoms with Crippen LogP contribution >= 0.6 is 0 Å². The van der Waals surface area contributed by atoms with Crippen molar-refractivity contribution < 1.29 is 4.74 Å². The second kappa shape index (κ2) is 6.15. The van der Waals surface area contributed by atoms with Crippen LogP contribution in [-0.4, -0.2) is 27.3 Å². The van der Waals surface area contributed by atoms with Crippen LogP contribution in [0.4, 0.5) is 0 Å². The fourth-order valence-corrected chi connectivity index (χ4v) is 2.00. The third-order valence-electron chi connectivity index (χ3n) is 2.93. The molecule has 1 heterocycles. The van der Waals surface area contributed by atoms with Gasteiger partial charge in [-0.1, -0.05) is 30.3 Å². The number of ether oxygens (including phenoxy) is 1. The van der Waals surface area contributed by atoms with Crippen LogP contribution in [0.5, 0.6) is 11.5 Å². The first kappa shape index (κ1) is 13.3. The lowest BCUT2D eigenvalue weighted by Gasteiger charge is -2.11. The predicted molar refractivity (Wildman–Crippen MR) is 78.4 cm³/mol. The van der Waals surface area contributed by atoms with Gasteiger partial charge in [0, 0.05) is 0 Å². The molecule has 3 aromatic rings. The SMILES string of the molecule is CNCc1nnnn1-c1ccccc1Oc1ccccc1. The fraction of sp³-hybridized carbons (Fsp3) is 0.133. The van der Waals surface area contributed by atoms with Gasteiger partial charge in [0.25, 0.3) is 0 Å². The first-order valence-electron chi connectivity index (χ1n) is 6.62. The summed E-state index contributed by atoms with van der Waals surface area (Å²) in [4.78, 5) is 0. The predicted octanol–water partition coefficient (Wildman–Crippen LogP) is 2.17. The Kier molecular flexibility index (Phi) is 3.88. The standard InChI is InChI=1S/C15H15N5O/c1-16-11-15-17-18-19-20(15)13-9-5-6-10-14(13)21-12-7-3-2-4-8-12/h2-10,16H,11H2,1H3. The highest BCUT2D eigenvalue weighted by Crippen LogP contribution is 2.27. The van der Waals surface area contributed by atoms with E-state index in [2.05, 4.69) is 20.8 Å². The van der Waals surface area contributed by atoms with Crippen molar-refractivity contribution in [2.75, 3.05) is 7.05 Å². The van der Waals surface area contributed by atoms with E-state index >= 15 is 0 Å². The van der Waals surface area contributed by atoms with Crippen molar-refractivity contribution >= 4 is 0 Å². The Hall–Kier alpha value is -2.73. The highest BCUT2D eigenvalue weighted by Gasteiger charge is 2.12. The van der Waals surface area contributed by atoms with Crippen LogP contribution in [0.15, 0.2) is 54.6 Å². The Morgan fingerprint density at radius 1 is 1.05 bits per heavy atom. The van der Waals surface area contributed by atoms with Gasteiger partial charge in [-0.05, 0) is 41.7 Å². The van der Waals surface area contributed by atoms with E-state index in [9.17, 15) is 0 Å². The second-order valence-electron chi connectivity index (χ2n) is 4.42. The van der Waals surface area contributed by atoms with E-state index in [0.717, 1.165) is 17.3 Å². The van der Waals surface area contributed by atoms with E-state index in [-0.39, 0.29) is 0 Å². The van der Waals surface area contributed by atoms with Gasteiger partial charge in [0.15, 0.2) is 11.6 Å². The molecule has 21 heavy (non-hydrogen) atoms. The second-order valence-corrected chi connectivity index (χ2v) is 4.42. The summed E-state index contributed by atoms with van der Waals surface area (Å²) in [7, 11) is 1.85. The van der Waals surface area contributed by atoms with Gasteiger partial charge >= 0.3 is 0 Å².